The highest BCUT2D eigenvalue weighted by Crippen LogP contribution is 2.21. The molecule has 4 aromatic rings. The molecule has 0 saturated carbocycles. The molecule has 0 amide bonds. The van der Waals surface area contributed by atoms with Crippen LogP contribution in [0.5, 0.6) is 0 Å². The average molecular weight is 279 g/mol. The van der Waals surface area contributed by atoms with Crippen LogP contribution >= 0.6 is 0 Å². The molecule has 0 aliphatic carbocycles. The number of imidazole rings is 1. The van der Waals surface area contributed by atoms with Gasteiger partial charge in [-0.25, -0.2) is 9.37 Å². The molecule has 2 aromatic heterocycles. The first-order valence-corrected chi connectivity index (χ1v) is 6.48. The minimum Gasteiger partial charge on any atom is -0.338 e. The summed E-state index contributed by atoms with van der Waals surface area (Å²) in [5, 5.41) is 0.915. The van der Waals surface area contributed by atoms with Crippen molar-refractivity contribution < 1.29 is 4.39 Å². The van der Waals surface area contributed by atoms with Crippen LogP contribution in [0.1, 0.15) is 0 Å². The largest absolute Gasteiger partial charge is 0.338 e. The van der Waals surface area contributed by atoms with E-state index in [9.17, 15) is 9.18 Å². The summed E-state index contributed by atoms with van der Waals surface area (Å²) in [5.74, 6) is 0.0905. The van der Waals surface area contributed by atoms with Gasteiger partial charge in [0, 0.05) is 5.52 Å². The van der Waals surface area contributed by atoms with Gasteiger partial charge in [-0.2, -0.15) is 0 Å². The smallest absolute Gasteiger partial charge is 0.259 e. The van der Waals surface area contributed by atoms with Crippen molar-refractivity contribution in [2.75, 3.05) is 0 Å². The first-order chi connectivity index (χ1) is 10.2. The number of fused-ring (bicyclic) bond motifs is 2. The maximum atomic E-state index is 13.2. The van der Waals surface area contributed by atoms with Crippen molar-refractivity contribution in [2.45, 2.75) is 0 Å². The van der Waals surface area contributed by atoms with Gasteiger partial charge in [0.05, 0.1) is 16.6 Å². The van der Waals surface area contributed by atoms with Gasteiger partial charge in [0.25, 0.3) is 5.56 Å². The summed E-state index contributed by atoms with van der Waals surface area (Å²) in [6, 6.07) is 13.6. The highest BCUT2D eigenvalue weighted by Gasteiger charge is 2.10. The highest BCUT2D eigenvalue weighted by molar-refractivity contribution is 5.84. The number of aromatic amines is 2. The van der Waals surface area contributed by atoms with Crippen LogP contribution in [0.15, 0.2) is 53.3 Å². The van der Waals surface area contributed by atoms with Crippen LogP contribution in [0.3, 0.4) is 0 Å². The zero-order chi connectivity index (χ0) is 14.4. The van der Waals surface area contributed by atoms with Gasteiger partial charge in [0.2, 0.25) is 0 Å². The topological polar surface area (TPSA) is 61.5 Å². The second-order valence-corrected chi connectivity index (χ2v) is 4.85. The quantitative estimate of drug-likeness (QED) is 0.562. The molecule has 0 atom stereocenters. The Bertz CT molecular complexity index is 1030. The summed E-state index contributed by atoms with van der Waals surface area (Å²) in [6.07, 6.45) is 0. The number of rotatable bonds is 1. The maximum absolute atomic E-state index is 13.2. The predicted molar refractivity (Wildman–Crippen MR) is 79.6 cm³/mol. The Morgan fingerprint density at radius 1 is 0.952 bits per heavy atom. The summed E-state index contributed by atoms with van der Waals surface area (Å²) in [6.45, 7) is 0. The lowest BCUT2D eigenvalue weighted by atomic mass is 10.1. The second-order valence-electron chi connectivity index (χ2n) is 4.85. The Labute approximate surface area is 118 Å². The van der Waals surface area contributed by atoms with Gasteiger partial charge in [-0.1, -0.05) is 18.2 Å². The zero-order valence-electron chi connectivity index (χ0n) is 10.9. The molecule has 2 aromatic carbocycles. The van der Waals surface area contributed by atoms with E-state index in [1.165, 1.54) is 12.1 Å². The number of halogens is 1. The molecule has 0 unspecified atom stereocenters. The zero-order valence-corrected chi connectivity index (χ0v) is 10.9. The monoisotopic (exact) mass is 279 g/mol. The summed E-state index contributed by atoms with van der Waals surface area (Å²) in [5.41, 5.74) is 2.17. The SMILES string of the molecule is O=c1[nH]c2ccccc2cc1-c1nc2ccc(F)cc2[nH]1. The molecular weight excluding hydrogens is 269 g/mol. The number of nitrogens with zero attached hydrogens (tertiary/aromatic N) is 1. The molecular formula is C16H10FN3O. The van der Waals surface area contributed by atoms with E-state index < -0.39 is 0 Å². The molecule has 102 valence electrons. The van der Waals surface area contributed by atoms with Crippen molar-refractivity contribution in [1.82, 2.24) is 15.0 Å². The van der Waals surface area contributed by atoms with E-state index in [1.54, 1.807) is 12.1 Å². The first kappa shape index (κ1) is 11.8. The third-order valence-corrected chi connectivity index (χ3v) is 3.45. The van der Waals surface area contributed by atoms with Gasteiger partial charge in [-0.15, -0.1) is 0 Å². The Morgan fingerprint density at radius 3 is 2.71 bits per heavy atom. The van der Waals surface area contributed by atoms with Gasteiger partial charge in [0.15, 0.2) is 0 Å². The molecule has 0 spiro atoms. The van der Waals surface area contributed by atoms with Gasteiger partial charge in [0.1, 0.15) is 11.6 Å². The van der Waals surface area contributed by atoms with Crippen molar-refractivity contribution >= 4 is 21.9 Å². The molecule has 5 heteroatoms. The average Bonchev–Trinajstić information content (AvgIpc) is 2.89. The van der Waals surface area contributed by atoms with Crippen molar-refractivity contribution in [2.24, 2.45) is 0 Å². The van der Waals surface area contributed by atoms with Crippen molar-refractivity contribution in [3.8, 4) is 11.4 Å². The highest BCUT2D eigenvalue weighted by atomic mass is 19.1. The predicted octanol–water partition coefficient (Wildman–Crippen LogP) is 3.21. The number of pyridine rings is 1. The van der Waals surface area contributed by atoms with E-state index >= 15 is 0 Å². The molecule has 0 fully saturated rings. The molecule has 0 aliphatic heterocycles. The second kappa shape index (κ2) is 4.28. The van der Waals surface area contributed by atoms with Crippen LogP contribution in [-0.4, -0.2) is 15.0 Å². The van der Waals surface area contributed by atoms with E-state index in [-0.39, 0.29) is 11.4 Å². The number of nitrogens with one attached hydrogen (secondary N) is 2. The Kier molecular flexibility index (Phi) is 2.41. The van der Waals surface area contributed by atoms with Crippen LogP contribution in [0.4, 0.5) is 4.39 Å². The Hall–Kier alpha value is -2.95. The fourth-order valence-electron chi connectivity index (χ4n) is 2.43. The first-order valence-electron chi connectivity index (χ1n) is 6.48. The normalized spacial score (nSPS) is 11.3. The van der Waals surface area contributed by atoms with Crippen LogP contribution in [0, 0.1) is 5.82 Å². The van der Waals surface area contributed by atoms with E-state index in [2.05, 4.69) is 15.0 Å². The summed E-state index contributed by atoms with van der Waals surface area (Å²) < 4.78 is 13.2. The Balaban J connectivity index is 1.99. The summed E-state index contributed by atoms with van der Waals surface area (Å²) >= 11 is 0. The molecule has 0 radical (unpaired) electrons. The number of hydrogen-bond acceptors (Lipinski definition) is 2. The minimum absolute atomic E-state index is 0.228. The fraction of sp³-hybridized carbons (Fsp3) is 0. The van der Waals surface area contributed by atoms with Crippen LogP contribution in [0.25, 0.3) is 33.3 Å². The van der Waals surface area contributed by atoms with Gasteiger partial charge in [-0.05, 0) is 35.7 Å². The van der Waals surface area contributed by atoms with E-state index in [0.717, 1.165) is 10.9 Å². The van der Waals surface area contributed by atoms with Crippen molar-refractivity contribution in [1.29, 1.82) is 0 Å². The molecule has 4 nitrogen and oxygen atoms in total. The molecule has 2 N–H and O–H groups in total. The van der Waals surface area contributed by atoms with Crippen LogP contribution in [0.2, 0.25) is 0 Å². The standard InChI is InChI=1S/C16H10FN3O/c17-10-5-6-13-14(8-10)19-15(18-13)11-7-9-3-1-2-4-12(9)20-16(11)21/h1-8H,(H,18,19)(H,20,21). The lowest BCUT2D eigenvalue weighted by Crippen LogP contribution is -2.09. The third-order valence-electron chi connectivity index (χ3n) is 3.45. The van der Waals surface area contributed by atoms with E-state index in [4.69, 9.17) is 0 Å². The number of para-hydroxylation sites is 1. The number of hydrogen-bond donors (Lipinski definition) is 2. The van der Waals surface area contributed by atoms with Crippen molar-refractivity contribution in [3.63, 3.8) is 0 Å². The summed E-state index contributed by atoms with van der Waals surface area (Å²) in [7, 11) is 0. The fourth-order valence-corrected chi connectivity index (χ4v) is 2.43. The van der Waals surface area contributed by atoms with E-state index in [0.29, 0.717) is 22.4 Å². The maximum Gasteiger partial charge on any atom is 0.259 e. The minimum atomic E-state index is -0.342. The molecule has 2 heterocycles. The Morgan fingerprint density at radius 2 is 1.81 bits per heavy atom. The third kappa shape index (κ3) is 1.90. The molecule has 0 aliphatic rings. The lowest BCUT2D eigenvalue weighted by molar-refractivity contribution is 0.629. The van der Waals surface area contributed by atoms with Gasteiger partial charge in [-0.3, -0.25) is 4.79 Å². The van der Waals surface area contributed by atoms with E-state index in [1.807, 2.05) is 24.3 Å². The summed E-state index contributed by atoms with van der Waals surface area (Å²) in [4.78, 5) is 22.3. The number of benzene rings is 2. The lowest BCUT2D eigenvalue weighted by Gasteiger charge is -2.00. The van der Waals surface area contributed by atoms with Crippen LogP contribution in [-0.2, 0) is 0 Å². The number of H-pyrrole nitrogens is 2. The molecule has 4 rings (SSSR count). The molecule has 21 heavy (non-hydrogen) atoms. The van der Waals surface area contributed by atoms with Crippen molar-refractivity contribution in [3.05, 3.63) is 64.7 Å². The number of aromatic nitrogens is 3. The van der Waals surface area contributed by atoms with Crippen LogP contribution < -0.4 is 5.56 Å². The molecule has 0 saturated heterocycles. The molecule has 0 bridgehead atoms. The van der Waals surface area contributed by atoms with Gasteiger partial charge < -0.3 is 9.97 Å². The van der Waals surface area contributed by atoms with Gasteiger partial charge >= 0.3 is 0 Å².